The van der Waals surface area contributed by atoms with Gasteiger partial charge in [-0.1, -0.05) is 17.7 Å². The molecule has 7 nitrogen and oxygen atoms in total. The Bertz CT molecular complexity index is 1040. The molecule has 2 heterocycles. The molecule has 0 fully saturated rings. The minimum absolute atomic E-state index is 0.173. The monoisotopic (exact) mass is 391 g/mol. The van der Waals surface area contributed by atoms with Crippen molar-refractivity contribution in [2.75, 3.05) is 18.9 Å². The van der Waals surface area contributed by atoms with Crippen LogP contribution in [0.4, 0.5) is 10.1 Å². The first-order valence-electron chi connectivity index (χ1n) is 8.22. The number of nitrogens with two attached hydrogens (primary N) is 1. The highest BCUT2D eigenvalue weighted by atomic mass is 35.5. The molecule has 0 bridgehead atoms. The number of nitrogens with one attached hydrogen (secondary N) is 3. The summed E-state index contributed by atoms with van der Waals surface area (Å²) < 4.78 is 14.4. The van der Waals surface area contributed by atoms with E-state index in [9.17, 15) is 14.0 Å². The Balaban J connectivity index is 2.10. The standard InChI is InChI=1S/C18H19ClFN5O2/c1-9-6-10(15-11(19)4-3-5-12(15)20)14(7-21)25(2)16(9)23-13-8-22-18(27)24-17(13)26/h3-6,8,14,23H,7,21H2,1-2H3,(H2,22,24,26,27). The molecule has 1 aromatic heterocycles. The van der Waals surface area contributed by atoms with Gasteiger partial charge >= 0.3 is 5.69 Å². The number of hydrogen-bond donors (Lipinski definition) is 4. The molecule has 1 atom stereocenters. The molecule has 1 aliphatic heterocycles. The molecule has 0 radical (unpaired) electrons. The summed E-state index contributed by atoms with van der Waals surface area (Å²) in [5, 5.41) is 3.31. The van der Waals surface area contributed by atoms with Gasteiger partial charge in [-0.15, -0.1) is 0 Å². The maximum atomic E-state index is 14.4. The Labute approximate surface area is 159 Å². The average Bonchev–Trinajstić information content (AvgIpc) is 2.60. The van der Waals surface area contributed by atoms with Crippen LogP contribution in [0.2, 0.25) is 5.02 Å². The van der Waals surface area contributed by atoms with Gasteiger partial charge in [-0.3, -0.25) is 9.78 Å². The predicted octanol–water partition coefficient (Wildman–Crippen LogP) is 1.86. The molecule has 3 rings (SSSR count). The lowest BCUT2D eigenvalue weighted by molar-refractivity contribution is 0.362. The van der Waals surface area contributed by atoms with E-state index in [1.165, 1.54) is 12.3 Å². The highest BCUT2D eigenvalue weighted by Gasteiger charge is 2.29. The smallest absolute Gasteiger partial charge is 0.325 e. The Morgan fingerprint density at radius 2 is 2.11 bits per heavy atom. The molecule has 2 aromatic rings. The summed E-state index contributed by atoms with van der Waals surface area (Å²) in [4.78, 5) is 29.5. The second-order valence-corrected chi connectivity index (χ2v) is 6.61. The second kappa shape index (κ2) is 7.42. The van der Waals surface area contributed by atoms with Gasteiger partial charge in [0.25, 0.3) is 5.56 Å². The minimum atomic E-state index is -0.593. The number of aromatic amines is 2. The van der Waals surface area contributed by atoms with Gasteiger partial charge in [-0.25, -0.2) is 9.18 Å². The Kier molecular flexibility index (Phi) is 5.20. The fourth-order valence-corrected chi connectivity index (χ4v) is 3.43. The fraction of sp³-hybridized carbons (Fsp3) is 0.222. The van der Waals surface area contributed by atoms with E-state index in [2.05, 4.69) is 15.3 Å². The van der Waals surface area contributed by atoms with Gasteiger partial charge in [0.05, 0.1) is 11.1 Å². The van der Waals surface area contributed by atoms with Crippen molar-refractivity contribution in [1.29, 1.82) is 0 Å². The third-order valence-corrected chi connectivity index (χ3v) is 4.79. The van der Waals surface area contributed by atoms with Crippen LogP contribution in [0.5, 0.6) is 0 Å². The van der Waals surface area contributed by atoms with Gasteiger partial charge in [0.2, 0.25) is 0 Å². The van der Waals surface area contributed by atoms with E-state index in [1.54, 1.807) is 25.3 Å². The number of hydrogen-bond acceptors (Lipinski definition) is 5. The number of anilines is 1. The molecular formula is C18H19ClFN5O2. The van der Waals surface area contributed by atoms with Crippen molar-refractivity contribution >= 4 is 22.9 Å². The van der Waals surface area contributed by atoms with E-state index >= 15 is 0 Å². The molecule has 27 heavy (non-hydrogen) atoms. The summed E-state index contributed by atoms with van der Waals surface area (Å²) >= 11 is 6.23. The third-order valence-electron chi connectivity index (χ3n) is 4.47. The zero-order chi connectivity index (χ0) is 19.7. The number of rotatable bonds is 4. The molecule has 1 aliphatic rings. The Morgan fingerprint density at radius 1 is 1.37 bits per heavy atom. The number of H-pyrrole nitrogens is 2. The summed E-state index contributed by atoms with van der Waals surface area (Å²) in [7, 11) is 1.78. The molecule has 0 aliphatic carbocycles. The molecule has 0 saturated carbocycles. The van der Waals surface area contributed by atoms with E-state index in [0.717, 1.165) is 5.57 Å². The van der Waals surface area contributed by atoms with Crippen LogP contribution in [-0.2, 0) is 0 Å². The van der Waals surface area contributed by atoms with Crippen LogP contribution in [0.15, 0.2) is 51.5 Å². The van der Waals surface area contributed by atoms with Crippen LogP contribution in [0, 0.1) is 5.82 Å². The van der Waals surface area contributed by atoms with Gasteiger partial charge in [0.15, 0.2) is 0 Å². The lowest BCUT2D eigenvalue weighted by atomic mass is 9.92. The predicted molar refractivity (Wildman–Crippen MR) is 104 cm³/mol. The van der Waals surface area contributed by atoms with Gasteiger partial charge in [-0.05, 0) is 36.3 Å². The summed E-state index contributed by atoms with van der Waals surface area (Å²) in [6.07, 6.45) is 3.09. The summed E-state index contributed by atoms with van der Waals surface area (Å²) in [5.41, 5.74) is 6.70. The van der Waals surface area contributed by atoms with E-state index in [0.29, 0.717) is 22.0 Å². The molecule has 9 heteroatoms. The van der Waals surface area contributed by atoms with Crippen LogP contribution >= 0.6 is 11.6 Å². The van der Waals surface area contributed by atoms with Gasteiger partial charge in [0, 0.05) is 25.4 Å². The molecule has 0 spiro atoms. The van der Waals surface area contributed by atoms with E-state index < -0.39 is 17.1 Å². The molecule has 1 aromatic carbocycles. The van der Waals surface area contributed by atoms with Crippen molar-refractivity contribution in [3.8, 4) is 0 Å². The molecule has 0 amide bonds. The maximum Gasteiger partial charge on any atom is 0.325 e. The van der Waals surface area contributed by atoms with Crippen molar-refractivity contribution in [2.24, 2.45) is 5.73 Å². The highest BCUT2D eigenvalue weighted by Crippen LogP contribution is 2.36. The van der Waals surface area contributed by atoms with Crippen molar-refractivity contribution in [2.45, 2.75) is 13.0 Å². The molecular weight excluding hydrogens is 373 g/mol. The van der Waals surface area contributed by atoms with Gasteiger partial charge in [0.1, 0.15) is 17.3 Å². The summed E-state index contributed by atoms with van der Waals surface area (Å²) in [5.74, 6) is 0.182. The molecule has 1 unspecified atom stereocenters. The summed E-state index contributed by atoms with van der Waals surface area (Å²) in [6, 6.07) is 4.15. The number of allylic oxidation sites excluding steroid dienone is 2. The first-order chi connectivity index (χ1) is 12.8. The quantitative estimate of drug-likeness (QED) is 0.636. The van der Waals surface area contributed by atoms with Crippen molar-refractivity contribution in [3.05, 3.63) is 79.1 Å². The van der Waals surface area contributed by atoms with Gasteiger partial charge in [-0.2, -0.15) is 0 Å². The van der Waals surface area contributed by atoms with E-state index in [1.807, 2.05) is 11.8 Å². The largest absolute Gasteiger partial charge is 0.353 e. The van der Waals surface area contributed by atoms with Crippen LogP contribution in [0.3, 0.4) is 0 Å². The number of aromatic nitrogens is 2. The number of nitrogens with zero attached hydrogens (tertiary/aromatic N) is 1. The topological polar surface area (TPSA) is 107 Å². The Morgan fingerprint density at radius 3 is 2.74 bits per heavy atom. The van der Waals surface area contributed by atoms with Crippen molar-refractivity contribution in [3.63, 3.8) is 0 Å². The van der Waals surface area contributed by atoms with E-state index in [4.69, 9.17) is 17.3 Å². The molecule has 5 N–H and O–H groups in total. The van der Waals surface area contributed by atoms with Crippen LogP contribution in [-0.4, -0.2) is 34.5 Å². The minimum Gasteiger partial charge on any atom is -0.353 e. The zero-order valence-corrected chi connectivity index (χ0v) is 15.5. The van der Waals surface area contributed by atoms with Gasteiger partial charge < -0.3 is 20.9 Å². The first-order valence-corrected chi connectivity index (χ1v) is 8.60. The number of benzene rings is 1. The van der Waals surface area contributed by atoms with Crippen LogP contribution in [0.1, 0.15) is 12.5 Å². The van der Waals surface area contributed by atoms with Crippen molar-refractivity contribution < 1.29 is 4.39 Å². The fourth-order valence-electron chi connectivity index (χ4n) is 3.15. The second-order valence-electron chi connectivity index (χ2n) is 6.20. The number of halogens is 2. The number of likely N-dealkylation sites (N-methyl/N-ethyl adjacent to an activating group) is 1. The molecule has 0 saturated heterocycles. The van der Waals surface area contributed by atoms with Crippen molar-refractivity contribution in [1.82, 2.24) is 14.9 Å². The van der Waals surface area contributed by atoms with Crippen LogP contribution in [0.25, 0.3) is 5.57 Å². The van der Waals surface area contributed by atoms with Crippen LogP contribution < -0.4 is 22.3 Å². The first kappa shape index (κ1) is 18.9. The zero-order valence-electron chi connectivity index (χ0n) is 14.8. The normalized spacial score (nSPS) is 17.1. The molecule has 142 valence electrons. The lowest BCUT2D eigenvalue weighted by Crippen LogP contribution is -2.43. The maximum absolute atomic E-state index is 14.4. The highest BCUT2D eigenvalue weighted by molar-refractivity contribution is 6.32. The average molecular weight is 392 g/mol. The summed E-state index contributed by atoms with van der Waals surface area (Å²) in [6.45, 7) is 2.02. The SMILES string of the molecule is CC1=C(Nc2c[nH]c(=O)[nH]c2=O)N(C)C(CN)C(c2c(F)cccc2Cl)=C1. The third kappa shape index (κ3) is 3.54. The Hall–Kier alpha value is -2.84. The van der Waals surface area contributed by atoms with E-state index in [-0.39, 0.29) is 18.3 Å². The lowest BCUT2D eigenvalue weighted by Gasteiger charge is -2.37.